The minimum absolute atomic E-state index is 0.160. The SMILES string of the molecule is CCOC(=O)C=Cc1cc2ccccc2n1S(=O)(=O)c1ccc(Br)cc1. The van der Waals surface area contributed by atoms with Crippen molar-refractivity contribution in [2.75, 3.05) is 6.61 Å². The number of fused-ring (bicyclic) bond motifs is 1. The van der Waals surface area contributed by atoms with E-state index in [0.29, 0.717) is 11.2 Å². The van der Waals surface area contributed by atoms with Crippen LogP contribution in [0.3, 0.4) is 0 Å². The van der Waals surface area contributed by atoms with Crippen molar-refractivity contribution in [3.63, 3.8) is 0 Å². The highest BCUT2D eigenvalue weighted by Crippen LogP contribution is 2.27. The fraction of sp³-hybridized carbons (Fsp3) is 0.105. The number of ether oxygens (including phenoxy) is 1. The van der Waals surface area contributed by atoms with Crippen molar-refractivity contribution in [1.29, 1.82) is 0 Å². The van der Waals surface area contributed by atoms with Gasteiger partial charge in [0.25, 0.3) is 10.0 Å². The quantitative estimate of drug-likeness (QED) is 0.446. The van der Waals surface area contributed by atoms with Crippen molar-refractivity contribution in [2.45, 2.75) is 11.8 Å². The smallest absolute Gasteiger partial charge is 0.330 e. The maximum absolute atomic E-state index is 13.2. The first-order chi connectivity index (χ1) is 12.4. The van der Waals surface area contributed by atoms with Crippen molar-refractivity contribution in [1.82, 2.24) is 3.97 Å². The van der Waals surface area contributed by atoms with Crippen molar-refractivity contribution in [2.24, 2.45) is 0 Å². The molecule has 0 aliphatic heterocycles. The van der Waals surface area contributed by atoms with E-state index in [1.807, 2.05) is 12.1 Å². The average Bonchev–Trinajstić information content (AvgIpc) is 3.00. The summed E-state index contributed by atoms with van der Waals surface area (Å²) in [6.07, 6.45) is 2.68. The Morgan fingerprint density at radius 2 is 1.85 bits per heavy atom. The van der Waals surface area contributed by atoms with Crippen LogP contribution in [0.1, 0.15) is 12.6 Å². The molecule has 7 heteroatoms. The lowest BCUT2D eigenvalue weighted by Gasteiger charge is -2.10. The van der Waals surface area contributed by atoms with Gasteiger partial charge in [0.1, 0.15) is 0 Å². The molecule has 3 rings (SSSR count). The van der Waals surface area contributed by atoms with Gasteiger partial charge in [0.15, 0.2) is 0 Å². The molecule has 0 aliphatic carbocycles. The third kappa shape index (κ3) is 3.59. The number of rotatable bonds is 5. The first kappa shape index (κ1) is 18.4. The Morgan fingerprint density at radius 3 is 2.54 bits per heavy atom. The molecular formula is C19H16BrNO4S. The number of aromatic nitrogens is 1. The lowest BCUT2D eigenvalue weighted by molar-refractivity contribution is -0.137. The van der Waals surface area contributed by atoms with Crippen LogP contribution in [-0.2, 0) is 19.6 Å². The second-order valence-electron chi connectivity index (χ2n) is 5.44. The maximum Gasteiger partial charge on any atom is 0.330 e. The molecule has 0 aliphatic rings. The molecule has 0 unspecified atom stereocenters. The van der Waals surface area contributed by atoms with Gasteiger partial charge in [0, 0.05) is 15.9 Å². The van der Waals surface area contributed by atoms with Gasteiger partial charge in [-0.05, 0) is 49.4 Å². The molecule has 3 aromatic rings. The molecule has 0 saturated carbocycles. The van der Waals surface area contributed by atoms with Crippen LogP contribution >= 0.6 is 15.9 Å². The highest BCUT2D eigenvalue weighted by molar-refractivity contribution is 9.10. The van der Waals surface area contributed by atoms with Gasteiger partial charge in [-0.25, -0.2) is 17.2 Å². The third-order valence-electron chi connectivity index (χ3n) is 3.72. The Hall–Kier alpha value is -2.38. The summed E-state index contributed by atoms with van der Waals surface area (Å²) in [4.78, 5) is 11.8. The number of hydrogen-bond acceptors (Lipinski definition) is 4. The Balaban J connectivity index is 2.18. The highest BCUT2D eigenvalue weighted by Gasteiger charge is 2.22. The standard InChI is InChI=1S/C19H16BrNO4S/c1-2-25-19(22)12-9-16-13-14-5-3-4-6-18(14)21(16)26(23,24)17-10-7-15(20)8-11-17/h3-13H,2H2,1H3. The zero-order chi connectivity index (χ0) is 18.7. The molecule has 0 spiro atoms. The molecule has 5 nitrogen and oxygen atoms in total. The predicted octanol–water partition coefficient (Wildman–Crippen LogP) is 4.22. The molecule has 0 saturated heterocycles. The van der Waals surface area contributed by atoms with E-state index in [4.69, 9.17) is 4.74 Å². The van der Waals surface area contributed by atoms with Crippen LogP contribution in [0, 0.1) is 0 Å². The number of benzene rings is 2. The number of carbonyl (C=O) groups excluding carboxylic acids is 1. The highest BCUT2D eigenvalue weighted by atomic mass is 79.9. The number of nitrogens with zero attached hydrogens (tertiary/aromatic N) is 1. The van der Waals surface area contributed by atoms with Crippen LogP contribution in [0.5, 0.6) is 0 Å². The van der Waals surface area contributed by atoms with E-state index in [-0.39, 0.29) is 11.5 Å². The van der Waals surface area contributed by atoms with Gasteiger partial charge in [-0.2, -0.15) is 0 Å². The molecule has 134 valence electrons. The van der Waals surface area contributed by atoms with Crippen LogP contribution in [0.25, 0.3) is 17.0 Å². The average molecular weight is 434 g/mol. The maximum atomic E-state index is 13.2. The summed E-state index contributed by atoms with van der Waals surface area (Å²) in [7, 11) is -3.84. The number of halogens is 1. The molecular weight excluding hydrogens is 418 g/mol. The molecule has 0 bridgehead atoms. The molecule has 0 N–H and O–H groups in total. The zero-order valence-corrected chi connectivity index (χ0v) is 16.3. The number of esters is 1. The number of hydrogen-bond donors (Lipinski definition) is 0. The molecule has 0 fully saturated rings. The monoisotopic (exact) mass is 433 g/mol. The van der Waals surface area contributed by atoms with Crippen molar-refractivity contribution < 1.29 is 17.9 Å². The van der Waals surface area contributed by atoms with Crippen molar-refractivity contribution in [3.05, 3.63) is 70.8 Å². The second-order valence-corrected chi connectivity index (χ2v) is 8.14. The van der Waals surface area contributed by atoms with Crippen LogP contribution in [0.4, 0.5) is 0 Å². The third-order valence-corrected chi connectivity index (χ3v) is 6.01. The summed E-state index contributed by atoms with van der Waals surface area (Å²) in [5, 5.41) is 0.761. The van der Waals surface area contributed by atoms with Crippen molar-refractivity contribution >= 4 is 48.9 Å². The van der Waals surface area contributed by atoms with E-state index in [9.17, 15) is 13.2 Å². The lowest BCUT2D eigenvalue weighted by atomic mass is 10.2. The summed E-state index contributed by atoms with van der Waals surface area (Å²) in [6.45, 7) is 1.96. The van der Waals surface area contributed by atoms with Gasteiger partial charge in [0.05, 0.1) is 22.7 Å². The van der Waals surface area contributed by atoms with Gasteiger partial charge >= 0.3 is 5.97 Å². The number of para-hydroxylation sites is 1. The van der Waals surface area contributed by atoms with E-state index < -0.39 is 16.0 Å². The molecule has 1 aromatic heterocycles. The van der Waals surface area contributed by atoms with E-state index >= 15 is 0 Å². The van der Waals surface area contributed by atoms with Crippen LogP contribution in [0.2, 0.25) is 0 Å². The van der Waals surface area contributed by atoms with Gasteiger partial charge in [-0.3, -0.25) is 0 Å². The van der Waals surface area contributed by atoms with Crippen LogP contribution in [0.15, 0.2) is 70.0 Å². The second kappa shape index (κ2) is 7.47. The zero-order valence-electron chi connectivity index (χ0n) is 13.9. The summed E-state index contributed by atoms with van der Waals surface area (Å²) in [5.74, 6) is -0.523. The summed E-state index contributed by atoms with van der Waals surface area (Å²) in [5.41, 5.74) is 0.918. The first-order valence-electron chi connectivity index (χ1n) is 7.90. The summed E-state index contributed by atoms with van der Waals surface area (Å²) >= 11 is 3.31. The van der Waals surface area contributed by atoms with E-state index in [1.54, 1.807) is 37.3 Å². The van der Waals surface area contributed by atoms with Gasteiger partial charge in [-0.1, -0.05) is 34.1 Å². The van der Waals surface area contributed by atoms with E-state index in [0.717, 1.165) is 9.86 Å². The minimum Gasteiger partial charge on any atom is -0.463 e. The molecule has 2 aromatic carbocycles. The predicted molar refractivity (Wildman–Crippen MR) is 104 cm³/mol. The van der Waals surface area contributed by atoms with Gasteiger partial charge in [0.2, 0.25) is 0 Å². The summed E-state index contributed by atoms with van der Waals surface area (Å²) in [6, 6.07) is 15.3. The van der Waals surface area contributed by atoms with Gasteiger partial charge in [-0.15, -0.1) is 0 Å². The van der Waals surface area contributed by atoms with E-state index in [2.05, 4.69) is 15.9 Å². The van der Waals surface area contributed by atoms with Crippen molar-refractivity contribution in [3.8, 4) is 0 Å². The summed E-state index contributed by atoms with van der Waals surface area (Å²) < 4.78 is 33.3. The first-order valence-corrected chi connectivity index (χ1v) is 10.1. The fourth-order valence-electron chi connectivity index (χ4n) is 2.59. The molecule has 1 heterocycles. The Labute approximate surface area is 160 Å². The molecule has 0 radical (unpaired) electrons. The van der Waals surface area contributed by atoms with E-state index in [1.165, 1.54) is 28.3 Å². The topological polar surface area (TPSA) is 65.4 Å². The normalized spacial score (nSPS) is 11.9. The molecule has 0 atom stereocenters. The Morgan fingerprint density at radius 1 is 1.15 bits per heavy atom. The minimum atomic E-state index is -3.84. The number of carbonyl (C=O) groups is 1. The molecule has 0 amide bonds. The van der Waals surface area contributed by atoms with Gasteiger partial charge < -0.3 is 4.74 Å². The van der Waals surface area contributed by atoms with Crippen LogP contribution in [-0.4, -0.2) is 25.0 Å². The fourth-order valence-corrected chi connectivity index (χ4v) is 4.36. The largest absolute Gasteiger partial charge is 0.463 e. The molecule has 26 heavy (non-hydrogen) atoms. The Bertz CT molecular complexity index is 1080. The Kier molecular flexibility index (Phi) is 5.29. The lowest BCUT2D eigenvalue weighted by Crippen LogP contribution is -2.14. The van der Waals surface area contributed by atoms with Crippen LogP contribution < -0.4 is 0 Å².